The molecule has 21 heavy (non-hydrogen) atoms. The molecule has 0 fully saturated rings. The fourth-order valence-corrected chi connectivity index (χ4v) is 2.03. The Hall–Kier alpha value is -2.30. The highest BCUT2D eigenvalue weighted by atomic mass is 15.3. The molecule has 3 N–H and O–H groups in total. The molecule has 0 bridgehead atoms. The SMILES string of the molecule is Cc1cnn(CCN=C(N)Nc2cccc(C(C)C)c2)c1. The molecular formula is C16H23N5. The fourth-order valence-electron chi connectivity index (χ4n) is 2.03. The third-order valence-electron chi connectivity index (χ3n) is 3.20. The number of aromatic nitrogens is 2. The van der Waals surface area contributed by atoms with E-state index in [9.17, 15) is 0 Å². The van der Waals surface area contributed by atoms with Crippen molar-refractivity contribution >= 4 is 11.6 Å². The summed E-state index contributed by atoms with van der Waals surface area (Å²) in [4.78, 5) is 4.32. The fraction of sp³-hybridized carbons (Fsp3) is 0.375. The summed E-state index contributed by atoms with van der Waals surface area (Å²) < 4.78 is 1.87. The number of hydrogen-bond donors (Lipinski definition) is 2. The van der Waals surface area contributed by atoms with Crippen LogP contribution in [0.25, 0.3) is 0 Å². The van der Waals surface area contributed by atoms with Crippen LogP contribution in [0.5, 0.6) is 0 Å². The van der Waals surface area contributed by atoms with Crippen molar-refractivity contribution in [3.8, 4) is 0 Å². The number of benzene rings is 1. The molecule has 0 saturated heterocycles. The second kappa shape index (κ2) is 6.92. The normalized spacial score (nSPS) is 11.9. The molecule has 112 valence electrons. The number of aryl methyl sites for hydroxylation is 1. The Morgan fingerprint density at radius 1 is 1.43 bits per heavy atom. The zero-order chi connectivity index (χ0) is 15.2. The lowest BCUT2D eigenvalue weighted by Gasteiger charge is -2.10. The van der Waals surface area contributed by atoms with Gasteiger partial charge in [-0.1, -0.05) is 26.0 Å². The van der Waals surface area contributed by atoms with Gasteiger partial charge < -0.3 is 11.1 Å². The molecule has 1 aromatic heterocycles. The molecule has 0 amide bonds. The third kappa shape index (κ3) is 4.63. The average Bonchev–Trinajstić information content (AvgIpc) is 2.84. The number of anilines is 1. The lowest BCUT2D eigenvalue weighted by atomic mass is 10.0. The predicted molar refractivity (Wildman–Crippen MR) is 87.6 cm³/mol. The third-order valence-corrected chi connectivity index (χ3v) is 3.20. The maximum absolute atomic E-state index is 5.91. The molecule has 5 heteroatoms. The molecule has 0 radical (unpaired) electrons. The van der Waals surface area contributed by atoms with E-state index in [1.165, 1.54) is 5.56 Å². The van der Waals surface area contributed by atoms with Crippen molar-refractivity contribution in [3.63, 3.8) is 0 Å². The number of nitrogens with one attached hydrogen (secondary N) is 1. The van der Waals surface area contributed by atoms with Crippen molar-refractivity contribution in [3.05, 3.63) is 47.8 Å². The minimum atomic E-state index is 0.430. The van der Waals surface area contributed by atoms with Gasteiger partial charge in [-0.05, 0) is 36.1 Å². The number of guanidine groups is 1. The molecule has 0 unspecified atom stereocenters. The van der Waals surface area contributed by atoms with Crippen molar-refractivity contribution < 1.29 is 0 Å². The largest absolute Gasteiger partial charge is 0.370 e. The van der Waals surface area contributed by atoms with Crippen molar-refractivity contribution in [1.29, 1.82) is 0 Å². The average molecular weight is 285 g/mol. The van der Waals surface area contributed by atoms with Crippen LogP contribution in [0.2, 0.25) is 0 Å². The second-order valence-electron chi connectivity index (χ2n) is 5.45. The van der Waals surface area contributed by atoms with Crippen LogP contribution in [-0.4, -0.2) is 22.3 Å². The van der Waals surface area contributed by atoms with Gasteiger partial charge in [0.2, 0.25) is 0 Å². The molecule has 1 aromatic carbocycles. The molecule has 5 nitrogen and oxygen atoms in total. The van der Waals surface area contributed by atoms with E-state index in [-0.39, 0.29) is 0 Å². The molecule has 0 aliphatic heterocycles. The van der Waals surface area contributed by atoms with Crippen LogP contribution in [0.4, 0.5) is 5.69 Å². The van der Waals surface area contributed by atoms with Gasteiger partial charge in [-0.15, -0.1) is 0 Å². The van der Waals surface area contributed by atoms with E-state index >= 15 is 0 Å². The van der Waals surface area contributed by atoms with Crippen molar-refractivity contribution in [2.75, 3.05) is 11.9 Å². The second-order valence-corrected chi connectivity index (χ2v) is 5.45. The van der Waals surface area contributed by atoms with E-state index < -0.39 is 0 Å². The maximum Gasteiger partial charge on any atom is 0.193 e. The summed E-state index contributed by atoms with van der Waals surface area (Å²) in [7, 11) is 0. The van der Waals surface area contributed by atoms with Crippen LogP contribution in [0.15, 0.2) is 41.7 Å². The van der Waals surface area contributed by atoms with E-state index in [4.69, 9.17) is 5.73 Å². The van der Waals surface area contributed by atoms with Gasteiger partial charge in [-0.3, -0.25) is 9.67 Å². The summed E-state index contributed by atoms with van der Waals surface area (Å²) >= 11 is 0. The van der Waals surface area contributed by atoms with Gasteiger partial charge >= 0.3 is 0 Å². The Balaban J connectivity index is 1.89. The van der Waals surface area contributed by atoms with Crippen molar-refractivity contribution in [2.45, 2.75) is 33.2 Å². The Kier molecular flexibility index (Phi) is 4.98. The van der Waals surface area contributed by atoms with Gasteiger partial charge in [0.05, 0.1) is 19.3 Å². The Morgan fingerprint density at radius 3 is 2.90 bits per heavy atom. The van der Waals surface area contributed by atoms with Crippen LogP contribution in [0.3, 0.4) is 0 Å². The quantitative estimate of drug-likeness (QED) is 0.655. The Bertz CT molecular complexity index is 613. The van der Waals surface area contributed by atoms with Gasteiger partial charge in [0.25, 0.3) is 0 Å². The first kappa shape index (κ1) is 15.1. The first-order valence-electron chi connectivity index (χ1n) is 7.20. The summed E-state index contributed by atoms with van der Waals surface area (Å²) in [5.41, 5.74) is 9.31. The van der Waals surface area contributed by atoms with E-state index in [1.807, 2.05) is 36.1 Å². The van der Waals surface area contributed by atoms with Crippen LogP contribution >= 0.6 is 0 Å². The number of aliphatic imine (C=N–C) groups is 1. The number of hydrogen-bond acceptors (Lipinski definition) is 2. The summed E-state index contributed by atoms with van der Waals surface area (Å²) in [6.45, 7) is 7.68. The minimum absolute atomic E-state index is 0.430. The zero-order valence-corrected chi connectivity index (χ0v) is 12.9. The van der Waals surface area contributed by atoms with E-state index in [0.29, 0.717) is 18.4 Å². The highest BCUT2D eigenvalue weighted by molar-refractivity contribution is 5.92. The molecule has 1 heterocycles. The monoisotopic (exact) mass is 285 g/mol. The van der Waals surface area contributed by atoms with Gasteiger partial charge in [-0.25, -0.2) is 0 Å². The molecule has 0 aliphatic rings. The lowest BCUT2D eigenvalue weighted by Crippen LogP contribution is -2.23. The highest BCUT2D eigenvalue weighted by Gasteiger charge is 2.01. The van der Waals surface area contributed by atoms with Gasteiger partial charge in [0.15, 0.2) is 5.96 Å². The molecule has 0 aliphatic carbocycles. The smallest absolute Gasteiger partial charge is 0.193 e. The van der Waals surface area contributed by atoms with Crippen LogP contribution in [-0.2, 0) is 6.54 Å². The summed E-state index contributed by atoms with van der Waals surface area (Å²) in [6, 6.07) is 8.23. The highest BCUT2D eigenvalue weighted by Crippen LogP contribution is 2.18. The summed E-state index contributed by atoms with van der Waals surface area (Å²) in [5, 5.41) is 7.34. The molecule has 2 aromatic rings. The van der Waals surface area contributed by atoms with Crippen LogP contribution in [0.1, 0.15) is 30.9 Å². The van der Waals surface area contributed by atoms with E-state index in [0.717, 1.165) is 17.8 Å². The van der Waals surface area contributed by atoms with Crippen molar-refractivity contribution in [1.82, 2.24) is 9.78 Å². The van der Waals surface area contributed by atoms with Crippen LogP contribution in [0, 0.1) is 6.92 Å². The van der Waals surface area contributed by atoms with Gasteiger partial charge in [0, 0.05) is 11.9 Å². The molecule has 0 saturated carbocycles. The number of rotatable bonds is 5. The lowest BCUT2D eigenvalue weighted by molar-refractivity contribution is 0.625. The van der Waals surface area contributed by atoms with Gasteiger partial charge in [-0.2, -0.15) is 5.10 Å². The Labute approximate surface area is 125 Å². The number of nitrogens with two attached hydrogens (primary N) is 1. The summed E-state index contributed by atoms with van der Waals surface area (Å²) in [5.74, 6) is 0.924. The molecular weight excluding hydrogens is 262 g/mol. The topological polar surface area (TPSA) is 68.2 Å². The van der Waals surface area contributed by atoms with E-state index in [1.54, 1.807) is 0 Å². The molecule has 2 rings (SSSR count). The minimum Gasteiger partial charge on any atom is -0.370 e. The van der Waals surface area contributed by atoms with E-state index in [2.05, 4.69) is 41.4 Å². The molecule has 0 atom stereocenters. The first-order chi connectivity index (χ1) is 10.0. The molecule has 0 spiro atoms. The van der Waals surface area contributed by atoms with Gasteiger partial charge in [0.1, 0.15) is 0 Å². The maximum atomic E-state index is 5.91. The van der Waals surface area contributed by atoms with Crippen LogP contribution < -0.4 is 11.1 Å². The predicted octanol–water partition coefficient (Wildman–Crippen LogP) is 2.74. The van der Waals surface area contributed by atoms with Crippen molar-refractivity contribution in [2.24, 2.45) is 10.7 Å². The first-order valence-corrected chi connectivity index (χ1v) is 7.20. The zero-order valence-electron chi connectivity index (χ0n) is 12.9. The summed E-state index contributed by atoms with van der Waals surface area (Å²) in [6.07, 6.45) is 3.83. The Morgan fingerprint density at radius 2 is 2.24 bits per heavy atom. The standard InChI is InChI=1S/C16H23N5/c1-12(2)14-5-4-6-15(9-14)20-16(17)18-7-8-21-11-13(3)10-19-21/h4-6,9-12H,7-8H2,1-3H3,(H3,17,18,20). The number of nitrogens with zero attached hydrogens (tertiary/aromatic N) is 3.